The maximum absolute atomic E-state index is 11.9. The van der Waals surface area contributed by atoms with Gasteiger partial charge in [0.2, 0.25) is 0 Å². The van der Waals surface area contributed by atoms with Gasteiger partial charge in [-0.2, -0.15) is 0 Å². The molecule has 1 aromatic rings. The fourth-order valence-corrected chi connectivity index (χ4v) is 2.44. The summed E-state index contributed by atoms with van der Waals surface area (Å²) in [5, 5.41) is 3.34. The Hall–Kier alpha value is -1.13. The third-order valence-electron chi connectivity index (χ3n) is 3.60. The van der Waals surface area contributed by atoms with Gasteiger partial charge in [-0.25, -0.2) is 0 Å². The highest BCUT2D eigenvalue weighted by atomic mass is 35.5. The normalized spacial score (nSPS) is 17.4. The van der Waals surface area contributed by atoms with Gasteiger partial charge in [-0.1, -0.05) is 18.5 Å². The first-order valence-corrected chi connectivity index (χ1v) is 7.14. The second-order valence-corrected chi connectivity index (χ2v) is 5.54. The molecule has 1 aliphatic heterocycles. The topological polar surface area (TPSA) is 45.2 Å². The minimum Gasteiger partial charge on any atom is -0.351 e. The third kappa shape index (κ3) is 4.18. The molecule has 1 fully saturated rings. The van der Waals surface area contributed by atoms with Crippen LogP contribution in [0.2, 0.25) is 5.02 Å². The summed E-state index contributed by atoms with van der Waals surface area (Å²) in [7, 11) is 0. The molecule has 0 radical (unpaired) electrons. The molecule has 1 aromatic heterocycles. The molecule has 1 aliphatic rings. The molecule has 2 rings (SSSR count). The van der Waals surface area contributed by atoms with Crippen LogP contribution in [0.25, 0.3) is 0 Å². The molecule has 0 bridgehead atoms. The minimum absolute atomic E-state index is 0.150. The van der Waals surface area contributed by atoms with Gasteiger partial charge in [0, 0.05) is 25.5 Å². The van der Waals surface area contributed by atoms with Crippen LogP contribution >= 0.6 is 11.6 Å². The van der Waals surface area contributed by atoms with Crippen LogP contribution in [0.5, 0.6) is 0 Å². The molecule has 0 saturated carbocycles. The van der Waals surface area contributed by atoms with Crippen LogP contribution in [0.3, 0.4) is 0 Å². The van der Waals surface area contributed by atoms with Crippen LogP contribution in [-0.2, 0) is 0 Å². The number of hydrogen-bond donors (Lipinski definition) is 1. The van der Waals surface area contributed by atoms with E-state index in [-0.39, 0.29) is 5.91 Å². The van der Waals surface area contributed by atoms with Crippen LogP contribution in [0.15, 0.2) is 18.5 Å². The van der Waals surface area contributed by atoms with Gasteiger partial charge >= 0.3 is 0 Å². The number of pyridine rings is 1. The van der Waals surface area contributed by atoms with Crippen molar-refractivity contribution >= 4 is 17.5 Å². The van der Waals surface area contributed by atoms with Crippen LogP contribution < -0.4 is 5.32 Å². The first kappa shape index (κ1) is 14.3. The molecule has 2 heterocycles. The van der Waals surface area contributed by atoms with Gasteiger partial charge in [0.05, 0.1) is 10.6 Å². The van der Waals surface area contributed by atoms with Gasteiger partial charge in [0.25, 0.3) is 5.91 Å². The zero-order chi connectivity index (χ0) is 13.7. The molecular weight excluding hydrogens is 262 g/mol. The van der Waals surface area contributed by atoms with E-state index in [0.29, 0.717) is 17.1 Å². The lowest BCUT2D eigenvalue weighted by Crippen LogP contribution is -2.39. The van der Waals surface area contributed by atoms with Crippen molar-refractivity contribution in [2.75, 3.05) is 26.2 Å². The monoisotopic (exact) mass is 281 g/mol. The Morgan fingerprint density at radius 1 is 1.53 bits per heavy atom. The molecule has 5 heteroatoms. The van der Waals surface area contributed by atoms with E-state index >= 15 is 0 Å². The summed E-state index contributed by atoms with van der Waals surface area (Å²) in [6, 6.07) is 1.63. The van der Waals surface area contributed by atoms with E-state index in [1.165, 1.54) is 19.0 Å². The fourth-order valence-electron chi connectivity index (χ4n) is 2.25. The van der Waals surface area contributed by atoms with E-state index < -0.39 is 0 Å². The van der Waals surface area contributed by atoms with Crippen molar-refractivity contribution in [2.45, 2.75) is 19.8 Å². The van der Waals surface area contributed by atoms with Gasteiger partial charge in [0.15, 0.2) is 0 Å². The minimum atomic E-state index is -0.150. The highest BCUT2D eigenvalue weighted by molar-refractivity contribution is 6.33. The molecule has 0 spiro atoms. The van der Waals surface area contributed by atoms with Gasteiger partial charge in [-0.3, -0.25) is 9.78 Å². The number of rotatable bonds is 4. The maximum Gasteiger partial charge on any atom is 0.254 e. The first-order chi connectivity index (χ1) is 9.16. The van der Waals surface area contributed by atoms with Gasteiger partial charge < -0.3 is 10.2 Å². The molecule has 104 valence electrons. The molecule has 0 aromatic carbocycles. The Morgan fingerprint density at radius 3 is 2.95 bits per heavy atom. The average Bonchev–Trinajstić information content (AvgIpc) is 2.41. The van der Waals surface area contributed by atoms with E-state index in [2.05, 4.69) is 22.1 Å². The number of halogens is 1. The van der Waals surface area contributed by atoms with Crippen molar-refractivity contribution < 1.29 is 4.79 Å². The molecule has 19 heavy (non-hydrogen) atoms. The second-order valence-electron chi connectivity index (χ2n) is 5.14. The van der Waals surface area contributed by atoms with Crippen LogP contribution in [0, 0.1) is 5.92 Å². The average molecular weight is 282 g/mol. The number of piperidine rings is 1. The Balaban J connectivity index is 1.74. The van der Waals surface area contributed by atoms with Crippen molar-refractivity contribution in [1.29, 1.82) is 0 Å². The Labute approximate surface area is 119 Å². The zero-order valence-electron chi connectivity index (χ0n) is 11.2. The van der Waals surface area contributed by atoms with Gasteiger partial charge in [0.1, 0.15) is 0 Å². The predicted octanol–water partition coefficient (Wildman–Crippen LogP) is 2.20. The van der Waals surface area contributed by atoms with Crippen molar-refractivity contribution in [3.8, 4) is 0 Å². The summed E-state index contributed by atoms with van der Waals surface area (Å²) in [5.74, 6) is 0.684. The second kappa shape index (κ2) is 6.87. The lowest BCUT2D eigenvalue weighted by Gasteiger charge is -2.30. The SMILES string of the molecule is CC1CCN(CCNC(=O)c2cnccc2Cl)CC1. The van der Waals surface area contributed by atoms with Crippen molar-refractivity contribution in [3.05, 3.63) is 29.0 Å². The molecule has 0 atom stereocenters. The van der Waals surface area contributed by atoms with Crippen LogP contribution in [-0.4, -0.2) is 42.0 Å². The summed E-state index contributed by atoms with van der Waals surface area (Å²) in [4.78, 5) is 18.2. The van der Waals surface area contributed by atoms with Crippen LogP contribution in [0.4, 0.5) is 0 Å². The summed E-state index contributed by atoms with van der Waals surface area (Å²) in [6.07, 6.45) is 5.58. The van der Waals surface area contributed by atoms with Gasteiger partial charge in [-0.05, 0) is 37.9 Å². The number of nitrogens with one attached hydrogen (secondary N) is 1. The number of amides is 1. The van der Waals surface area contributed by atoms with Gasteiger partial charge in [-0.15, -0.1) is 0 Å². The number of aromatic nitrogens is 1. The Morgan fingerprint density at radius 2 is 2.26 bits per heavy atom. The lowest BCUT2D eigenvalue weighted by molar-refractivity contribution is 0.0944. The standard InChI is InChI=1S/C14H20ClN3O/c1-11-3-7-18(8-4-11)9-6-17-14(19)12-10-16-5-2-13(12)15/h2,5,10-11H,3-4,6-9H2,1H3,(H,17,19). The van der Waals surface area contributed by atoms with Crippen molar-refractivity contribution in [3.63, 3.8) is 0 Å². The molecular formula is C14H20ClN3O. The molecule has 1 N–H and O–H groups in total. The molecule has 1 amide bonds. The summed E-state index contributed by atoms with van der Waals surface area (Å²) >= 11 is 5.95. The van der Waals surface area contributed by atoms with Crippen LogP contribution in [0.1, 0.15) is 30.1 Å². The number of nitrogens with zero attached hydrogens (tertiary/aromatic N) is 2. The highest BCUT2D eigenvalue weighted by Crippen LogP contribution is 2.15. The Bertz CT molecular complexity index is 430. The molecule has 0 aliphatic carbocycles. The third-order valence-corrected chi connectivity index (χ3v) is 3.93. The largest absolute Gasteiger partial charge is 0.351 e. The van der Waals surface area contributed by atoms with Crippen molar-refractivity contribution in [2.24, 2.45) is 5.92 Å². The van der Waals surface area contributed by atoms with E-state index in [1.54, 1.807) is 12.3 Å². The Kier molecular flexibility index (Phi) is 5.16. The summed E-state index contributed by atoms with van der Waals surface area (Å²) < 4.78 is 0. The molecule has 1 saturated heterocycles. The predicted molar refractivity (Wildman–Crippen MR) is 76.4 cm³/mol. The van der Waals surface area contributed by atoms with E-state index in [1.807, 2.05) is 0 Å². The van der Waals surface area contributed by atoms with E-state index in [9.17, 15) is 4.79 Å². The number of hydrogen-bond acceptors (Lipinski definition) is 3. The number of likely N-dealkylation sites (tertiary alicyclic amines) is 1. The summed E-state index contributed by atoms with van der Waals surface area (Å²) in [5.41, 5.74) is 0.441. The van der Waals surface area contributed by atoms with E-state index in [4.69, 9.17) is 11.6 Å². The lowest BCUT2D eigenvalue weighted by atomic mass is 9.99. The zero-order valence-corrected chi connectivity index (χ0v) is 12.0. The summed E-state index contributed by atoms with van der Waals surface area (Å²) in [6.45, 7) is 6.10. The number of carbonyl (C=O) groups excluding carboxylic acids is 1. The smallest absolute Gasteiger partial charge is 0.254 e. The quantitative estimate of drug-likeness (QED) is 0.920. The fraction of sp³-hybridized carbons (Fsp3) is 0.571. The molecule has 4 nitrogen and oxygen atoms in total. The highest BCUT2D eigenvalue weighted by Gasteiger charge is 2.15. The maximum atomic E-state index is 11.9. The number of carbonyl (C=O) groups is 1. The molecule has 0 unspecified atom stereocenters. The van der Waals surface area contributed by atoms with E-state index in [0.717, 1.165) is 25.6 Å². The van der Waals surface area contributed by atoms with Crippen molar-refractivity contribution in [1.82, 2.24) is 15.2 Å². The first-order valence-electron chi connectivity index (χ1n) is 6.77.